The minimum Gasteiger partial charge on any atom is -0.497 e. The van der Waals surface area contributed by atoms with Crippen molar-refractivity contribution >= 4 is 17.7 Å². The third-order valence-corrected chi connectivity index (χ3v) is 5.22. The Morgan fingerprint density at radius 2 is 1.60 bits per heavy atom. The number of benzene rings is 2. The fraction of sp³-hybridized carbons (Fsp3) is 0.409. The van der Waals surface area contributed by atoms with Crippen LogP contribution in [-0.4, -0.2) is 37.4 Å². The summed E-state index contributed by atoms with van der Waals surface area (Å²) in [5, 5.41) is 0. The van der Waals surface area contributed by atoms with Gasteiger partial charge < -0.3 is 18.9 Å². The zero-order chi connectivity index (χ0) is 21.5. The third kappa shape index (κ3) is 5.77. The molecule has 1 fully saturated rings. The standard InChI is InChI=1S/C22H25ClFNO5/c1-14-21(30-18-8-6-15(24)7-9-18)20(5-3-4-19(25-23)22(26)28-14)29-17-12-10-16(27-2)11-13-17/h6-14,19-21,25H,3-5H2,1-2H3/t14-,19-,20-,21-/m0/s1. The van der Waals surface area contributed by atoms with Gasteiger partial charge >= 0.3 is 5.97 Å². The van der Waals surface area contributed by atoms with Crippen LogP contribution in [0.3, 0.4) is 0 Å². The number of cyclic esters (lactones) is 1. The first-order valence-electron chi connectivity index (χ1n) is 9.79. The van der Waals surface area contributed by atoms with E-state index >= 15 is 0 Å². The SMILES string of the molecule is COc1ccc(O[C@H]2CCC[C@H](NCl)C(=O)O[C@@H](C)[C@@H]2Oc2ccc(F)cc2)cc1. The number of methoxy groups -OCH3 is 1. The average molecular weight is 438 g/mol. The van der Waals surface area contributed by atoms with E-state index in [9.17, 15) is 9.18 Å². The van der Waals surface area contributed by atoms with E-state index in [1.165, 1.54) is 24.3 Å². The van der Waals surface area contributed by atoms with Crippen LogP contribution in [0.5, 0.6) is 17.2 Å². The van der Waals surface area contributed by atoms with Crippen LogP contribution < -0.4 is 19.0 Å². The van der Waals surface area contributed by atoms with E-state index < -0.39 is 30.3 Å². The summed E-state index contributed by atoms with van der Waals surface area (Å²) < 4.78 is 36.4. The molecule has 4 atom stereocenters. The first-order chi connectivity index (χ1) is 14.5. The number of hydrogen-bond donors (Lipinski definition) is 1. The molecule has 30 heavy (non-hydrogen) atoms. The summed E-state index contributed by atoms with van der Waals surface area (Å²) in [5.74, 6) is 1.00. The normalized spacial score (nSPS) is 24.7. The van der Waals surface area contributed by atoms with Crippen LogP contribution >= 0.6 is 11.8 Å². The highest BCUT2D eigenvalue weighted by Gasteiger charge is 2.36. The largest absolute Gasteiger partial charge is 0.497 e. The van der Waals surface area contributed by atoms with Crippen molar-refractivity contribution in [2.45, 2.75) is 50.5 Å². The van der Waals surface area contributed by atoms with Gasteiger partial charge in [0.25, 0.3) is 0 Å². The zero-order valence-electron chi connectivity index (χ0n) is 16.8. The van der Waals surface area contributed by atoms with Crippen LogP contribution in [0.15, 0.2) is 48.5 Å². The second kappa shape index (κ2) is 10.5. The topological polar surface area (TPSA) is 66.0 Å². The molecule has 0 saturated carbocycles. The molecule has 1 aliphatic heterocycles. The number of carbonyl (C=O) groups is 1. The maximum atomic E-state index is 13.3. The van der Waals surface area contributed by atoms with Crippen molar-refractivity contribution < 1.29 is 28.1 Å². The molecular formula is C22H25ClFNO5. The van der Waals surface area contributed by atoms with Crippen molar-refractivity contribution in [3.05, 3.63) is 54.3 Å². The van der Waals surface area contributed by atoms with Crippen molar-refractivity contribution in [2.75, 3.05) is 7.11 Å². The molecule has 0 aromatic heterocycles. The Labute approximate surface area is 180 Å². The van der Waals surface area contributed by atoms with E-state index in [1.54, 1.807) is 38.3 Å². The van der Waals surface area contributed by atoms with Crippen LogP contribution in [0.1, 0.15) is 26.2 Å². The highest BCUT2D eigenvalue weighted by atomic mass is 35.5. The van der Waals surface area contributed by atoms with Crippen molar-refractivity contribution in [3.63, 3.8) is 0 Å². The van der Waals surface area contributed by atoms with Gasteiger partial charge in [0.2, 0.25) is 0 Å². The van der Waals surface area contributed by atoms with Crippen LogP contribution in [0.2, 0.25) is 0 Å². The molecule has 3 rings (SSSR count). The smallest absolute Gasteiger partial charge is 0.324 e. The van der Waals surface area contributed by atoms with Crippen molar-refractivity contribution in [1.29, 1.82) is 0 Å². The predicted octanol–water partition coefficient (Wildman–Crippen LogP) is 4.26. The fourth-order valence-corrected chi connectivity index (χ4v) is 3.53. The molecule has 1 heterocycles. The highest BCUT2D eigenvalue weighted by molar-refractivity contribution is 6.14. The molecule has 162 valence electrons. The van der Waals surface area contributed by atoms with E-state index in [4.69, 9.17) is 30.7 Å². The summed E-state index contributed by atoms with van der Waals surface area (Å²) in [4.78, 5) is 14.9. The Morgan fingerprint density at radius 3 is 2.23 bits per heavy atom. The van der Waals surface area contributed by atoms with Gasteiger partial charge in [-0.15, -0.1) is 0 Å². The lowest BCUT2D eigenvalue weighted by molar-refractivity contribution is -0.156. The van der Waals surface area contributed by atoms with Crippen molar-refractivity contribution in [2.24, 2.45) is 0 Å². The van der Waals surface area contributed by atoms with Gasteiger partial charge in [0.05, 0.1) is 7.11 Å². The summed E-state index contributed by atoms with van der Waals surface area (Å²) >= 11 is 5.72. The summed E-state index contributed by atoms with van der Waals surface area (Å²) in [6.45, 7) is 1.74. The number of halogens is 2. The summed E-state index contributed by atoms with van der Waals surface area (Å²) in [7, 11) is 1.60. The van der Waals surface area contributed by atoms with E-state index in [-0.39, 0.29) is 5.82 Å². The molecule has 0 amide bonds. The molecule has 1 N–H and O–H groups in total. The first kappa shape index (κ1) is 22.2. The van der Waals surface area contributed by atoms with Crippen molar-refractivity contribution in [1.82, 2.24) is 4.84 Å². The lowest BCUT2D eigenvalue weighted by Gasteiger charge is -2.31. The molecule has 0 radical (unpaired) electrons. The van der Waals surface area contributed by atoms with E-state index in [1.807, 2.05) is 0 Å². The van der Waals surface area contributed by atoms with E-state index in [2.05, 4.69) is 4.84 Å². The lowest BCUT2D eigenvalue weighted by atomic mass is 10.0. The molecule has 0 spiro atoms. The molecule has 2 aromatic carbocycles. The zero-order valence-corrected chi connectivity index (χ0v) is 17.6. The maximum Gasteiger partial charge on any atom is 0.324 e. The van der Waals surface area contributed by atoms with Gasteiger partial charge in [0, 0.05) is 0 Å². The fourth-order valence-electron chi connectivity index (χ4n) is 3.34. The minimum absolute atomic E-state index is 0.363. The summed E-state index contributed by atoms with van der Waals surface area (Å²) in [5.41, 5.74) is 0. The average Bonchev–Trinajstić information content (AvgIpc) is 2.80. The lowest BCUT2D eigenvalue weighted by Crippen LogP contribution is -2.46. The highest BCUT2D eigenvalue weighted by Crippen LogP contribution is 2.27. The summed E-state index contributed by atoms with van der Waals surface area (Å²) in [6.07, 6.45) is 0.109. The second-order valence-electron chi connectivity index (χ2n) is 7.10. The number of carbonyl (C=O) groups excluding carboxylic acids is 1. The van der Waals surface area contributed by atoms with Gasteiger partial charge in [-0.25, -0.2) is 9.23 Å². The Kier molecular flexibility index (Phi) is 7.76. The van der Waals surface area contributed by atoms with Crippen LogP contribution in [-0.2, 0) is 9.53 Å². The number of hydrogen-bond acceptors (Lipinski definition) is 6. The maximum absolute atomic E-state index is 13.3. The molecule has 8 heteroatoms. The Bertz CT molecular complexity index is 817. The second-order valence-corrected chi connectivity index (χ2v) is 7.32. The molecule has 0 bridgehead atoms. The minimum atomic E-state index is -0.628. The Balaban J connectivity index is 1.85. The van der Waals surface area contributed by atoms with Gasteiger partial charge in [-0.1, -0.05) is 0 Å². The van der Waals surface area contributed by atoms with Crippen LogP contribution in [0.25, 0.3) is 0 Å². The molecule has 2 aromatic rings. The molecule has 0 unspecified atom stereocenters. The molecule has 1 aliphatic rings. The number of nitrogens with one attached hydrogen (secondary N) is 1. The number of ether oxygens (including phenoxy) is 4. The van der Waals surface area contributed by atoms with E-state index in [0.29, 0.717) is 36.5 Å². The van der Waals surface area contributed by atoms with Gasteiger partial charge in [0.15, 0.2) is 6.10 Å². The molecule has 1 saturated heterocycles. The quantitative estimate of drug-likeness (QED) is 0.538. The van der Waals surface area contributed by atoms with Gasteiger partial charge in [0.1, 0.15) is 41.3 Å². The van der Waals surface area contributed by atoms with E-state index in [0.717, 1.165) is 0 Å². The number of esters is 1. The summed E-state index contributed by atoms with van der Waals surface area (Å²) in [6, 6.07) is 12.3. The monoisotopic (exact) mass is 437 g/mol. The van der Waals surface area contributed by atoms with Crippen molar-refractivity contribution in [3.8, 4) is 17.2 Å². The third-order valence-electron chi connectivity index (χ3n) is 4.96. The van der Waals surface area contributed by atoms with Gasteiger partial charge in [-0.05, 0) is 86.5 Å². The Hall–Kier alpha value is -2.51. The van der Waals surface area contributed by atoms with Crippen LogP contribution in [0, 0.1) is 5.82 Å². The first-order valence-corrected chi connectivity index (χ1v) is 10.2. The Morgan fingerprint density at radius 1 is 1.00 bits per heavy atom. The molecule has 0 aliphatic carbocycles. The molecule has 6 nitrogen and oxygen atoms in total. The predicted molar refractivity (Wildman–Crippen MR) is 110 cm³/mol. The van der Waals surface area contributed by atoms with Gasteiger partial charge in [-0.2, -0.15) is 0 Å². The van der Waals surface area contributed by atoms with Crippen LogP contribution in [0.4, 0.5) is 4.39 Å². The molecular weight excluding hydrogens is 413 g/mol. The van der Waals surface area contributed by atoms with Gasteiger partial charge in [-0.3, -0.25) is 4.79 Å². The number of rotatable bonds is 6.